The third-order valence-corrected chi connectivity index (χ3v) is 8.02. The van der Waals surface area contributed by atoms with Crippen LogP contribution in [0.15, 0.2) is 83.8 Å². The highest BCUT2D eigenvalue weighted by molar-refractivity contribution is 7.89. The van der Waals surface area contributed by atoms with Gasteiger partial charge in [-0.05, 0) is 61.7 Å². The summed E-state index contributed by atoms with van der Waals surface area (Å²) in [5.41, 5.74) is 1.43. The minimum absolute atomic E-state index is 0.105. The zero-order valence-electron chi connectivity index (χ0n) is 17.3. The van der Waals surface area contributed by atoms with Crippen LogP contribution in [0.4, 0.5) is 4.39 Å². The van der Waals surface area contributed by atoms with Gasteiger partial charge in [0.1, 0.15) is 5.82 Å². The number of rotatable bonds is 5. The van der Waals surface area contributed by atoms with Crippen LogP contribution in [0.1, 0.15) is 34.3 Å². The molecule has 0 atom stereocenters. The van der Waals surface area contributed by atoms with Gasteiger partial charge in [0.05, 0.1) is 10.3 Å². The predicted octanol–water partition coefficient (Wildman–Crippen LogP) is 4.74. The number of ketones is 1. The summed E-state index contributed by atoms with van der Waals surface area (Å²) in [7, 11) is -3.63. The van der Waals surface area contributed by atoms with Crippen molar-refractivity contribution in [1.82, 2.24) is 4.31 Å². The van der Waals surface area contributed by atoms with Crippen molar-refractivity contribution in [2.45, 2.75) is 30.1 Å². The highest BCUT2D eigenvalue weighted by Gasteiger charge is 2.45. The van der Waals surface area contributed by atoms with Crippen molar-refractivity contribution in [2.75, 3.05) is 13.1 Å². The molecule has 1 fully saturated rings. The van der Waals surface area contributed by atoms with E-state index in [9.17, 15) is 17.6 Å². The van der Waals surface area contributed by atoms with Crippen LogP contribution in [0, 0.1) is 12.7 Å². The van der Waals surface area contributed by atoms with Gasteiger partial charge in [0.25, 0.3) is 0 Å². The fraction of sp³-hybridized carbons (Fsp3) is 0.240. The van der Waals surface area contributed by atoms with Crippen LogP contribution >= 0.6 is 0 Å². The number of Topliss-reactive ketones (excluding diaryl/α,β-unsaturated/α-hetero) is 1. The molecule has 160 valence electrons. The normalized spacial score (nSPS) is 16.7. The number of piperidine rings is 1. The zero-order chi connectivity index (χ0) is 22.1. The number of benzene rings is 3. The van der Waals surface area contributed by atoms with Gasteiger partial charge in [0.15, 0.2) is 5.78 Å². The lowest BCUT2D eigenvalue weighted by molar-refractivity contribution is 0.0819. The molecule has 4 rings (SSSR count). The molecule has 0 radical (unpaired) electrons. The molecule has 3 aromatic rings. The van der Waals surface area contributed by atoms with Crippen molar-refractivity contribution in [3.8, 4) is 0 Å². The summed E-state index contributed by atoms with van der Waals surface area (Å²) in [4.78, 5) is 13.9. The molecular formula is C25H24FNO3S. The van der Waals surface area contributed by atoms with Crippen LogP contribution in [-0.2, 0) is 15.4 Å². The topological polar surface area (TPSA) is 54.5 Å². The smallest absolute Gasteiger partial charge is 0.243 e. The van der Waals surface area contributed by atoms with Gasteiger partial charge in [0, 0.05) is 18.7 Å². The van der Waals surface area contributed by atoms with Gasteiger partial charge in [-0.2, -0.15) is 4.31 Å². The molecule has 1 aliphatic rings. The number of carbonyl (C=O) groups is 1. The second-order valence-corrected chi connectivity index (χ2v) is 9.94. The van der Waals surface area contributed by atoms with E-state index >= 15 is 0 Å². The third-order valence-electron chi connectivity index (χ3n) is 6.10. The van der Waals surface area contributed by atoms with Crippen molar-refractivity contribution >= 4 is 15.8 Å². The highest BCUT2D eigenvalue weighted by Crippen LogP contribution is 2.40. The number of hydrogen-bond donors (Lipinski definition) is 0. The molecule has 0 N–H and O–H groups in total. The molecular weight excluding hydrogens is 413 g/mol. The summed E-state index contributed by atoms with van der Waals surface area (Å²) in [5.74, 6) is -0.504. The first-order chi connectivity index (χ1) is 14.8. The van der Waals surface area contributed by atoms with Crippen LogP contribution in [0.2, 0.25) is 0 Å². The van der Waals surface area contributed by atoms with Gasteiger partial charge in [-0.15, -0.1) is 0 Å². The van der Waals surface area contributed by atoms with Crippen LogP contribution < -0.4 is 0 Å². The first kappa shape index (κ1) is 21.4. The average Bonchev–Trinajstić information content (AvgIpc) is 2.80. The predicted molar refractivity (Wildman–Crippen MR) is 118 cm³/mol. The summed E-state index contributed by atoms with van der Waals surface area (Å²) in [6, 6.07) is 21.8. The summed E-state index contributed by atoms with van der Waals surface area (Å²) in [5, 5.41) is 0. The molecule has 31 heavy (non-hydrogen) atoms. The minimum Gasteiger partial charge on any atom is -0.293 e. The van der Waals surface area contributed by atoms with Crippen molar-refractivity contribution in [1.29, 1.82) is 0 Å². The fourth-order valence-corrected chi connectivity index (χ4v) is 5.69. The Hall–Kier alpha value is -2.83. The van der Waals surface area contributed by atoms with Crippen molar-refractivity contribution in [2.24, 2.45) is 0 Å². The van der Waals surface area contributed by atoms with E-state index in [1.807, 2.05) is 37.3 Å². The van der Waals surface area contributed by atoms with Crippen LogP contribution in [0.3, 0.4) is 0 Å². The molecule has 1 heterocycles. The van der Waals surface area contributed by atoms with E-state index in [2.05, 4.69) is 0 Å². The van der Waals surface area contributed by atoms with E-state index in [1.165, 1.54) is 28.6 Å². The van der Waals surface area contributed by atoms with E-state index in [-0.39, 0.29) is 23.8 Å². The lowest BCUT2D eigenvalue weighted by Gasteiger charge is -2.40. The van der Waals surface area contributed by atoms with Crippen molar-refractivity contribution in [3.63, 3.8) is 0 Å². The average molecular weight is 438 g/mol. The van der Waals surface area contributed by atoms with E-state index in [0.717, 1.165) is 11.1 Å². The summed E-state index contributed by atoms with van der Waals surface area (Å²) in [6.07, 6.45) is 0.719. The molecule has 0 aliphatic carbocycles. The Balaban J connectivity index is 1.66. The van der Waals surface area contributed by atoms with E-state index in [1.54, 1.807) is 24.3 Å². The molecule has 3 aromatic carbocycles. The van der Waals surface area contributed by atoms with E-state index < -0.39 is 21.3 Å². The molecule has 1 saturated heterocycles. The maximum absolute atomic E-state index is 13.6. The Morgan fingerprint density at radius 2 is 1.45 bits per heavy atom. The monoisotopic (exact) mass is 437 g/mol. The molecule has 0 bridgehead atoms. The number of carbonyl (C=O) groups excluding carboxylic acids is 1. The third kappa shape index (κ3) is 4.05. The Bertz CT molecular complexity index is 1170. The van der Waals surface area contributed by atoms with Crippen LogP contribution in [-0.4, -0.2) is 31.6 Å². The highest BCUT2D eigenvalue weighted by atomic mass is 32.2. The Labute approximate surface area is 182 Å². The maximum atomic E-state index is 13.6. The minimum atomic E-state index is -3.63. The van der Waals surface area contributed by atoms with Crippen molar-refractivity contribution < 1.29 is 17.6 Å². The molecule has 0 spiro atoms. The molecule has 0 saturated carbocycles. The zero-order valence-corrected chi connectivity index (χ0v) is 18.1. The van der Waals surface area contributed by atoms with Crippen LogP contribution in [0.25, 0.3) is 0 Å². The summed E-state index contributed by atoms with van der Waals surface area (Å²) in [6.45, 7) is 2.38. The van der Waals surface area contributed by atoms with E-state index in [4.69, 9.17) is 0 Å². The number of sulfonamides is 1. The molecule has 0 aromatic heterocycles. The first-order valence-corrected chi connectivity index (χ1v) is 11.7. The largest absolute Gasteiger partial charge is 0.293 e. The second kappa shape index (κ2) is 8.36. The van der Waals surface area contributed by atoms with E-state index in [0.29, 0.717) is 18.4 Å². The summed E-state index contributed by atoms with van der Waals surface area (Å²) >= 11 is 0. The number of aryl methyl sites for hydroxylation is 1. The van der Waals surface area contributed by atoms with Crippen LogP contribution in [0.5, 0.6) is 0 Å². The molecule has 0 unspecified atom stereocenters. The van der Waals surface area contributed by atoms with Gasteiger partial charge >= 0.3 is 0 Å². The van der Waals surface area contributed by atoms with Crippen molar-refractivity contribution in [3.05, 3.63) is 101 Å². The first-order valence-electron chi connectivity index (χ1n) is 10.3. The Morgan fingerprint density at radius 3 is 2.03 bits per heavy atom. The Morgan fingerprint density at radius 1 is 0.871 bits per heavy atom. The van der Waals surface area contributed by atoms with Gasteiger partial charge in [0.2, 0.25) is 10.0 Å². The van der Waals surface area contributed by atoms with Gasteiger partial charge in [-0.3, -0.25) is 4.79 Å². The second-order valence-electron chi connectivity index (χ2n) is 8.00. The summed E-state index contributed by atoms with van der Waals surface area (Å²) < 4.78 is 41.1. The standard InChI is InChI=1S/C25H24FNO3S/c1-19-7-13-23(14-8-19)31(29,30)27-17-15-25(16-18-27,21-5-3-2-4-6-21)24(28)20-9-11-22(26)12-10-20/h2-14H,15-18H2,1H3. The molecule has 0 amide bonds. The number of nitrogens with zero attached hydrogens (tertiary/aromatic N) is 1. The van der Waals surface area contributed by atoms with Gasteiger partial charge in [-0.25, -0.2) is 12.8 Å². The SMILES string of the molecule is Cc1ccc(S(=O)(=O)N2CCC(C(=O)c3ccc(F)cc3)(c3ccccc3)CC2)cc1. The maximum Gasteiger partial charge on any atom is 0.243 e. The molecule has 4 nitrogen and oxygen atoms in total. The fourth-order valence-electron chi connectivity index (χ4n) is 4.25. The molecule has 6 heteroatoms. The number of halogens is 1. The lowest BCUT2D eigenvalue weighted by Crippen LogP contribution is -2.49. The molecule has 1 aliphatic heterocycles. The van der Waals surface area contributed by atoms with Gasteiger partial charge < -0.3 is 0 Å². The quantitative estimate of drug-likeness (QED) is 0.542. The Kier molecular flexibility index (Phi) is 5.77. The number of hydrogen-bond acceptors (Lipinski definition) is 3. The lowest BCUT2D eigenvalue weighted by atomic mass is 9.68. The van der Waals surface area contributed by atoms with Gasteiger partial charge in [-0.1, -0.05) is 48.0 Å².